The molecule has 0 saturated carbocycles. The third-order valence-corrected chi connectivity index (χ3v) is 2.13. The van der Waals surface area contributed by atoms with Crippen molar-refractivity contribution in [1.29, 1.82) is 0 Å². The van der Waals surface area contributed by atoms with Gasteiger partial charge in [-0.05, 0) is 11.6 Å². The van der Waals surface area contributed by atoms with Crippen LogP contribution < -0.4 is 0 Å². The third-order valence-electron chi connectivity index (χ3n) is 2.13. The molecule has 1 aromatic rings. The maximum atomic E-state index is 10.9. The lowest BCUT2D eigenvalue weighted by molar-refractivity contribution is -0.110. The first-order valence-corrected chi connectivity index (χ1v) is 4.00. The van der Waals surface area contributed by atoms with Crippen LogP contribution in [0.4, 0.5) is 5.69 Å². The largest absolute Gasteiger partial charge is 0.302 e. The first-order chi connectivity index (χ1) is 6.82. The van der Waals surface area contributed by atoms with Gasteiger partial charge in [-0.25, -0.2) is 0 Å². The Labute approximate surface area is 79.7 Å². The Morgan fingerprint density at radius 3 is 3.00 bits per heavy atom. The molecule has 5 heteroatoms. The van der Waals surface area contributed by atoms with E-state index in [-0.39, 0.29) is 0 Å². The molecule has 1 aliphatic rings. The molecule has 0 radical (unpaired) electrons. The molecule has 0 N–H and O–H groups in total. The first-order valence-electron chi connectivity index (χ1n) is 4.00. The van der Waals surface area contributed by atoms with Crippen LogP contribution in [0.25, 0.3) is 10.4 Å². The number of hydrogen-bond acceptors (Lipinski definition) is 3. The van der Waals surface area contributed by atoms with Crippen LogP contribution in [-0.4, -0.2) is 12.5 Å². The van der Waals surface area contributed by atoms with E-state index >= 15 is 0 Å². The van der Waals surface area contributed by atoms with Crippen LogP contribution in [0.1, 0.15) is 5.56 Å². The fraction of sp³-hybridized carbons (Fsp3) is 0.111. The number of benzene rings is 1. The zero-order valence-electron chi connectivity index (χ0n) is 7.16. The SMILES string of the molecule is [N-]=[N+]=NC1(C=O)C=Nc2ccccc21. The molecular weight excluding hydrogens is 180 g/mol. The smallest absolute Gasteiger partial charge is 0.166 e. The predicted molar refractivity (Wildman–Crippen MR) is 51.5 cm³/mol. The second-order valence-electron chi connectivity index (χ2n) is 2.91. The molecule has 5 nitrogen and oxygen atoms in total. The average molecular weight is 186 g/mol. The van der Waals surface area contributed by atoms with Crippen LogP contribution in [0.3, 0.4) is 0 Å². The van der Waals surface area contributed by atoms with E-state index in [1.165, 1.54) is 6.21 Å². The van der Waals surface area contributed by atoms with Crippen LogP contribution >= 0.6 is 0 Å². The van der Waals surface area contributed by atoms with E-state index in [0.717, 1.165) is 0 Å². The summed E-state index contributed by atoms with van der Waals surface area (Å²) in [5, 5.41) is 3.48. The topological polar surface area (TPSA) is 78.2 Å². The van der Waals surface area contributed by atoms with Crippen molar-refractivity contribution in [3.63, 3.8) is 0 Å². The maximum absolute atomic E-state index is 10.9. The van der Waals surface area contributed by atoms with Crippen molar-refractivity contribution in [1.82, 2.24) is 0 Å². The summed E-state index contributed by atoms with van der Waals surface area (Å²) >= 11 is 0. The van der Waals surface area contributed by atoms with Crippen molar-refractivity contribution < 1.29 is 4.79 Å². The molecule has 1 atom stereocenters. The zero-order valence-corrected chi connectivity index (χ0v) is 7.16. The summed E-state index contributed by atoms with van der Waals surface area (Å²) in [5.41, 5.74) is 8.45. The van der Waals surface area contributed by atoms with Gasteiger partial charge in [-0.15, -0.1) is 0 Å². The maximum Gasteiger partial charge on any atom is 0.166 e. The highest BCUT2D eigenvalue weighted by atomic mass is 16.1. The van der Waals surface area contributed by atoms with Gasteiger partial charge in [0.25, 0.3) is 0 Å². The molecule has 0 fully saturated rings. The van der Waals surface area contributed by atoms with Gasteiger partial charge >= 0.3 is 0 Å². The highest BCUT2D eigenvalue weighted by Crippen LogP contribution is 2.36. The second kappa shape index (κ2) is 2.97. The second-order valence-corrected chi connectivity index (χ2v) is 2.91. The quantitative estimate of drug-likeness (QED) is 0.301. The van der Waals surface area contributed by atoms with Crippen LogP contribution in [0.2, 0.25) is 0 Å². The molecule has 1 unspecified atom stereocenters. The number of carbonyl (C=O) groups excluding carboxylic acids is 1. The van der Waals surface area contributed by atoms with E-state index in [4.69, 9.17) is 5.53 Å². The van der Waals surface area contributed by atoms with Crippen molar-refractivity contribution >= 4 is 18.2 Å². The van der Waals surface area contributed by atoms with Crippen LogP contribution in [0.15, 0.2) is 34.4 Å². The molecule has 14 heavy (non-hydrogen) atoms. The average Bonchev–Trinajstić information content (AvgIpc) is 2.59. The predicted octanol–water partition coefficient (Wildman–Crippen LogP) is 2.11. The van der Waals surface area contributed by atoms with E-state index in [9.17, 15) is 4.79 Å². The molecule has 0 spiro atoms. The van der Waals surface area contributed by atoms with Gasteiger partial charge in [0.15, 0.2) is 5.54 Å². The van der Waals surface area contributed by atoms with Crippen molar-refractivity contribution in [3.05, 3.63) is 40.3 Å². The van der Waals surface area contributed by atoms with E-state index in [2.05, 4.69) is 15.0 Å². The third kappa shape index (κ3) is 1.000. The number of rotatable bonds is 2. The molecule has 0 aliphatic carbocycles. The van der Waals surface area contributed by atoms with E-state index in [0.29, 0.717) is 17.5 Å². The number of fused-ring (bicyclic) bond motifs is 1. The summed E-state index contributed by atoms with van der Waals surface area (Å²) in [5.74, 6) is 0. The lowest BCUT2D eigenvalue weighted by atomic mass is 9.95. The molecule has 0 bridgehead atoms. The van der Waals surface area contributed by atoms with Crippen LogP contribution in [0, 0.1) is 0 Å². The lowest BCUT2D eigenvalue weighted by Gasteiger charge is -2.12. The summed E-state index contributed by atoms with van der Waals surface area (Å²) in [6.45, 7) is 0. The normalized spacial score (nSPS) is 22.6. The van der Waals surface area contributed by atoms with Crippen LogP contribution in [-0.2, 0) is 10.3 Å². The number of nitrogens with zero attached hydrogens (tertiary/aromatic N) is 4. The Morgan fingerprint density at radius 1 is 1.50 bits per heavy atom. The van der Waals surface area contributed by atoms with Gasteiger partial charge in [0.05, 0.1) is 5.69 Å². The molecular formula is C9H6N4O. The van der Waals surface area contributed by atoms with Crippen molar-refractivity contribution in [3.8, 4) is 0 Å². The minimum absolute atomic E-state index is 0.599. The first kappa shape index (κ1) is 8.47. The number of aldehydes is 1. The Morgan fingerprint density at radius 2 is 2.29 bits per heavy atom. The molecule has 1 aliphatic heterocycles. The van der Waals surface area contributed by atoms with E-state index in [1.807, 2.05) is 6.07 Å². The summed E-state index contributed by atoms with van der Waals surface area (Å²) < 4.78 is 0. The molecule has 0 aromatic heterocycles. The van der Waals surface area contributed by atoms with Gasteiger partial charge in [-0.3, -0.25) is 4.99 Å². The Balaban J connectivity index is 2.66. The Hall–Kier alpha value is -2.13. The molecule has 0 saturated heterocycles. The minimum Gasteiger partial charge on any atom is -0.302 e. The van der Waals surface area contributed by atoms with Crippen molar-refractivity contribution in [2.75, 3.05) is 0 Å². The number of azide groups is 1. The Kier molecular flexibility index (Phi) is 1.80. The lowest BCUT2D eigenvalue weighted by Crippen LogP contribution is -2.23. The standard InChI is InChI=1S/C9H6N4O/c10-13-12-9(6-14)5-11-8-4-2-1-3-7(8)9/h1-6H. The van der Waals surface area contributed by atoms with Gasteiger partial charge in [0.1, 0.15) is 6.29 Å². The zero-order chi connectivity index (χ0) is 10.0. The van der Waals surface area contributed by atoms with E-state index < -0.39 is 5.54 Å². The molecule has 2 rings (SSSR count). The monoisotopic (exact) mass is 186 g/mol. The van der Waals surface area contributed by atoms with Gasteiger partial charge in [-0.2, -0.15) is 0 Å². The Bertz CT molecular complexity index is 462. The number of aliphatic imine (C=N–C) groups is 1. The van der Waals surface area contributed by atoms with Gasteiger partial charge < -0.3 is 4.79 Å². The fourth-order valence-electron chi connectivity index (χ4n) is 1.43. The summed E-state index contributed by atoms with van der Waals surface area (Å²) in [4.78, 5) is 17.6. The van der Waals surface area contributed by atoms with E-state index in [1.54, 1.807) is 18.2 Å². The number of carbonyl (C=O) groups is 1. The summed E-state index contributed by atoms with van der Waals surface area (Å²) in [6.07, 6.45) is 1.96. The molecule has 1 heterocycles. The molecule has 68 valence electrons. The van der Waals surface area contributed by atoms with Gasteiger partial charge in [0, 0.05) is 16.7 Å². The van der Waals surface area contributed by atoms with Crippen molar-refractivity contribution in [2.45, 2.75) is 5.54 Å². The van der Waals surface area contributed by atoms with Crippen molar-refractivity contribution in [2.24, 2.45) is 10.1 Å². The highest BCUT2D eigenvalue weighted by Gasteiger charge is 2.35. The fourth-order valence-corrected chi connectivity index (χ4v) is 1.43. The van der Waals surface area contributed by atoms with Gasteiger partial charge in [-0.1, -0.05) is 23.3 Å². The molecule has 0 amide bonds. The number of hydrogen-bond donors (Lipinski definition) is 0. The highest BCUT2D eigenvalue weighted by molar-refractivity contribution is 6.00. The van der Waals surface area contributed by atoms with Crippen LogP contribution in [0.5, 0.6) is 0 Å². The summed E-state index contributed by atoms with van der Waals surface area (Å²) in [7, 11) is 0. The molecule has 1 aromatic carbocycles. The summed E-state index contributed by atoms with van der Waals surface area (Å²) in [6, 6.07) is 7.08. The van der Waals surface area contributed by atoms with Gasteiger partial charge in [0.2, 0.25) is 0 Å². The minimum atomic E-state index is -1.24. The number of para-hydroxylation sites is 1.